The SMILES string of the molecule is CC(C)Oc1ccc(CNC(=O)c2ccc3c(c2)OCCO3)cc1. The van der Waals surface area contributed by atoms with Crippen molar-refractivity contribution in [3.63, 3.8) is 0 Å². The lowest BCUT2D eigenvalue weighted by Crippen LogP contribution is -2.23. The molecule has 1 aliphatic heterocycles. The van der Waals surface area contributed by atoms with E-state index in [1.54, 1.807) is 18.2 Å². The maximum Gasteiger partial charge on any atom is 0.251 e. The van der Waals surface area contributed by atoms with Gasteiger partial charge in [0, 0.05) is 12.1 Å². The summed E-state index contributed by atoms with van der Waals surface area (Å²) in [6.07, 6.45) is 0.144. The highest BCUT2D eigenvalue weighted by molar-refractivity contribution is 5.94. The van der Waals surface area contributed by atoms with Gasteiger partial charge in [0.2, 0.25) is 0 Å². The molecule has 5 nitrogen and oxygen atoms in total. The largest absolute Gasteiger partial charge is 0.491 e. The maximum absolute atomic E-state index is 12.3. The number of benzene rings is 2. The first kappa shape index (κ1) is 16.2. The van der Waals surface area contributed by atoms with Crippen molar-refractivity contribution >= 4 is 5.91 Å². The Kier molecular flexibility index (Phi) is 4.89. The van der Waals surface area contributed by atoms with Crippen LogP contribution in [0.2, 0.25) is 0 Å². The van der Waals surface area contributed by atoms with E-state index < -0.39 is 0 Å². The van der Waals surface area contributed by atoms with Gasteiger partial charge in [-0.05, 0) is 49.7 Å². The number of nitrogens with one attached hydrogen (secondary N) is 1. The Morgan fingerprint density at radius 1 is 1.08 bits per heavy atom. The van der Waals surface area contributed by atoms with Gasteiger partial charge in [-0.25, -0.2) is 0 Å². The van der Waals surface area contributed by atoms with Crippen molar-refractivity contribution in [2.24, 2.45) is 0 Å². The topological polar surface area (TPSA) is 56.8 Å². The van der Waals surface area contributed by atoms with E-state index >= 15 is 0 Å². The number of carbonyl (C=O) groups excluding carboxylic acids is 1. The molecule has 0 aromatic heterocycles. The quantitative estimate of drug-likeness (QED) is 0.916. The predicted molar refractivity (Wildman–Crippen MR) is 90.8 cm³/mol. The Balaban J connectivity index is 1.59. The van der Waals surface area contributed by atoms with Crippen LogP contribution in [0.3, 0.4) is 0 Å². The smallest absolute Gasteiger partial charge is 0.251 e. The minimum atomic E-state index is -0.144. The van der Waals surface area contributed by atoms with Crippen LogP contribution in [0.25, 0.3) is 0 Å². The second kappa shape index (κ2) is 7.25. The molecule has 0 unspecified atom stereocenters. The average Bonchev–Trinajstić information content (AvgIpc) is 2.60. The van der Waals surface area contributed by atoms with Crippen LogP contribution in [0.1, 0.15) is 29.8 Å². The number of amides is 1. The molecular weight excluding hydrogens is 306 g/mol. The second-order valence-electron chi connectivity index (χ2n) is 5.85. The Hall–Kier alpha value is -2.69. The maximum atomic E-state index is 12.3. The molecule has 0 saturated carbocycles. The first-order valence-corrected chi connectivity index (χ1v) is 8.05. The first-order chi connectivity index (χ1) is 11.6. The van der Waals surface area contributed by atoms with Crippen LogP contribution in [0, 0.1) is 0 Å². The summed E-state index contributed by atoms with van der Waals surface area (Å²) in [6.45, 7) is 5.47. The summed E-state index contributed by atoms with van der Waals surface area (Å²) < 4.78 is 16.6. The van der Waals surface area contributed by atoms with E-state index in [4.69, 9.17) is 14.2 Å². The monoisotopic (exact) mass is 327 g/mol. The van der Waals surface area contributed by atoms with Crippen molar-refractivity contribution in [3.05, 3.63) is 53.6 Å². The highest BCUT2D eigenvalue weighted by Crippen LogP contribution is 2.30. The van der Waals surface area contributed by atoms with Gasteiger partial charge in [-0.3, -0.25) is 4.79 Å². The molecule has 1 amide bonds. The number of carbonyl (C=O) groups is 1. The number of hydrogen-bond donors (Lipinski definition) is 1. The zero-order valence-electron chi connectivity index (χ0n) is 13.9. The lowest BCUT2D eigenvalue weighted by atomic mass is 10.1. The van der Waals surface area contributed by atoms with Crippen LogP contribution in [0.15, 0.2) is 42.5 Å². The fraction of sp³-hybridized carbons (Fsp3) is 0.316. The summed E-state index contributed by atoms with van der Waals surface area (Å²) in [5.41, 5.74) is 1.57. The van der Waals surface area contributed by atoms with E-state index in [-0.39, 0.29) is 12.0 Å². The van der Waals surface area contributed by atoms with Crippen molar-refractivity contribution in [1.29, 1.82) is 0 Å². The second-order valence-corrected chi connectivity index (χ2v) is 5.85. The van der Waals surface area contributed by atoms with Crippen molar-refractivity contribution in [2.75, 3.05) is 13.2 Å². The van der Waals surface area contributed by atoms with Gasteiger partial charge in [-0.1, -0.05) is 12.1 Å². The molecule has 0 aliphatic carbocycles. The molecule has 0 bridgehead atoms. The van der Waals surface area contributed by atoms with Crippen LogP contribution in [-0.2, 0) is 6.54 Å². The molecular formula is C19H21NO4. The van der Waals surface area contributed by atoms with Gasteiger partial charge in [0.15, 0.2) is 11.5 Å². The summed E-state index contributed by atoms with van der Waals surface area (Å²) >= 11 is 0. The average molecular weight is 327 g/mol. The van der Waals surface area contributed by atoms with E-state index in [2.05, 4.69) is 5.32 Å². The van der Waals surface area contributed by atoms with E-state index in [9.17, 15) is 4.79 Å². The molecule has 2 aromatic rings. The van der Waals surface area contributed by atoms with Crippen molar-refractivity contribution in [2.45, 2.75) is 26.5 Å². The zero-order valence-corrected chi connectivity index (χ0v) is 13.9. The minimum Gasteiger partial charge on any atom is -0.491 e. The van der Waals surface area contributed by atoms with Crippen LogP contribution in [0.4, 0.5) is 0 Å². The molecule has 2 aromatic carbocycles. The third kappa shape index (κ3) is 3.98. The molecule has 0 spiro atoms. The number of hydrogen-bond acceptors (Lipinski definition) is 4. The summed E-state index contributed by atoms with van der Waals surface area (Å²) in [5, 5.41) is 2.91. The molecule has 0 atom stereocenters. The van der Waals surface area contributed by atoms with E-state index in [1.165, 1.54) is 0 Å². The summed E-state index contributed by atoms with van der Waals surface area (Å²) in [5.74, 6) is 1.98. The molecule has 1 heterocycles. The number of ether oxygens (including phenoxy) is 3. The summed E-state index contributed by atoms with van der Waals surface area (Å²) in [4.78, 5) is 12.3. The van der Waals surface area contributed by atoms with Crippen molar-refractivity contribution < 1.29 is 19.0 Å². The highest BCUT2D eigenvalue weighted by Gasteiger charge is 2.14. The number of rotatable bonds is 5. The highest BCUT2D eigenvalue weighted by atomic mass is 16.6. The third-order valence-corrected chi connectivity index (χ3v) is 3.55. The molecule has 126 valence electrons. The van der Waals surface area contributed by atoms with Crippen LogP contribution >= 0.6 is 0 Å². The molecule has 0 fully saturated rings. The van der Waals surface area contributed by atoms with Gasteiger partial charge in [0.05, 0.1) is 6.10 Å². The Morgan fingerprint density at radius 2 is 1.79 bits per heavy atom. The molecule has 5 heteroatoms. The standard InChI is InChI=1S/C19H21NO4/c1-13(2)24-16-6-3-14(4-7-16)12-20-19(21)15-5-8-17-18(11-15)23-10-9-22-17/h3-8,11,13H,9-10,12H2,1-2H3,(H,20,21). The fourth-order valence-corrected chi connectivity index (χ4v) is 2.43. The Labute approximate surface area is 141 Å². The molecule has 24 heavy (non-hydrogen) atoms. The Bertz CT molecular complexity index is 710. The van der Waals surface area contributed by atoms with Gasteiger partial charge in [0.1, 0.15) is 19.0 Å². The lowest BCUT2D eigenvalue weighted by molar-refractivity contribution is 0.0949. The van der Waals surface area contributed by atoms with Gasteiger partial charge in [-0.15, -0.1) is 0 Å². The van der Waals surface area contributed by atoms with Gasteiger partial charge >= 0.3 is 0 Å². The minimum absolute atomic E-state index is 0.144. The van der Waals surface area contributed by atoms with Gasteiger partial charge < -0.3 is 19.5 Å². The normalized spacial score (nSPS) is 12.8. The molecule has 0 saturated heterocycles. The van der Waals surface area contributed by atoms with E-state index in [0.29, 0.717) is 36.8 Å². The van der Waals surface area contributed by atoms with Crippen molar-refractivity contribution in [1.82, 2.24) is 5.32 Å². The van der Waals surface area contributed by atoms with E-state index in [0.717, 1.165) is 11.3 Å². The number of fused-ring (bicyclic) bond motifs is 1. The lowest BCUT2D eigenvalue weighted by Gasteiger charge is -2.18. The molecule has 1 aliphatic rings. The van der Waals surface area contributed by atoms with E-state index in [1.807, 2.05) is 38.1 Å². The molecule has 1 N–H and O–H groups in total. The fourth-order valence-electron chi connectivity index (χ4n) is 2.43. The van der Waals surface area contributed by atoms with Gasteiger partial charge in [0.25, 0.3) is 5.91 Å². The van der Waals surface area contributed by atoms with Crippen LogP contribution in [0.5, 0.6) is 17.2 Å². The van der Waals surface area contributed by atoms with Crippen molar-refractivity contribution in [3.8, 4) is 17.2 Å². The van der Waals surface area contributed by atoms with Crippen LogP contribution in [-0.4, -0.2) is 25.2 Å². The zero-order chi connectivity index (χ0) is 16.9. The summed E-state index contributed by atoms with van der Waals surface area (Å²) in [6, 6.07) is 12.9. The summed E-state index contributed by atoms with van der Waals surface area (Å²) in [7, 11) is 0. The Morgan fingerprint density at radius 3 is 2.50 bits per heavy atom. The van der Waals surface area contributed by atoms with Gasteiger partial charge in [-0.2, -0.15) is 0 Å². The first-order valence-electron chi connectivity index (χ1n) is 8.05. The van der Waals surface area contributed by atoms with Crippen LogP contribution < -0.4 is 19.5 Å². The third-order valence-electron chi connectivity index (χ3n) is 3.55. The predicted octanol–water partition coefficient (Wildman–Crippen LogP) is 3.18. The molecule has 3 rings (SSSR count). The molecule has 0 radical (unpaired) electrons.